The van der Waals surface area contributed by atoms with Gasteiger partial charge in [0.25, 0.3) is 0 Å². The summed E-state index contributed by atoms with van der Waals surface area (Å²) < 4.78 is 0. The Balaban J connectivity index is 2.49. The highest BCUT2D eigenvalue weighted by Crippen LogP contribution is 2.21. The van der Waals surface area contributed by atoms with Crippen LogP contribution >= 0.6 is 11.8 Å². The lowest BCUT2D eigenvalue weighted by Gasteiger charge is -2.30. The number of rotatable bonds is 5. The molecule has 0 aromatic rings. The van der Waals surface area contributed by atoms with Crippen LogP contribution in [0.3, 0.4) is 0 Å². The summed E-state index contributed by atoms with van der Waals surface area (Å²) in [6.45, 7) is 5.52. The number of carboxylic acid groups (broad SMARTS) is 1. The van der Waals surface area contributed by atoms with E-state index >= 15 is 0 Å². The zero-order valence-electron chi connectivity index (χ0n) is 12.0. The number of thioether (sulfide) groups is 1. The fourth-order valence-corrected chi connectivity index (χ4v) is 3.32. The van der Waals surface area contributed by atoms with Crippen molar-refractivity contribution in [1.82, 2.24) is 15.1 Å². The molecular formula is C12H23N3O3S. The van der Waals surface area contributed by atoms with Gasteiger partial charge in [-0.1, -0.05) is 13.8 Å². The number of hydrogen-bond acceptors (Lipinski definition) is 4. The number of aliphatic carboxylic acids is 1. The Hall–Kier alpha value is -0.950. The Bertz CT molecular complexity index is 347. The van der Waals surface area contributed by atoms with Crippen molar-refractivity contribution in [2.24, 2.45) is 5.41 Å². The first-order valence-corrected chi connectivity index (χ1v) is 7.38. The Labute approximate surface area is 118 Å². The van der Waals surface area contributed by atoms with E-state index in [-0.39, 0.29) is 11.4 Å². The third-order valence-corrected chi connectivity index (χ3v) is 3.90. The zero-order valence-corrected chi connectivity index (χ0v) is 12.8. The van der Waals surface area contributed by atoms with Crippen molar-refractivity contribution in [1.29, 1.82) is 0 Å². The number of amides is 2. The predicted octanol–water partition coefficient (Wildman–Crippen LogP) is 0.743. The van der Waals surface area contributed by atoms with Crippen molar-refractivity contribution in [2.75, 3.05) is 38.8 Å². The van der Waals surface area contributed by atoms with Crippen molar-refractivity contribution in [3.63, 3.8) is 0 Å². The fraction of sp³-hybridized carbons (Fsp3) is 0.833. The summed E-state index contributed by atoms with van der Waals surface area (Å²) in [6, 6.07) is -0.994. The molecule has 1 aliphatic heterocycles. The van der Waals surface area contributed by atoms with Crippen LogP contribution in [0.1, 0.15) is 13.8 Å². The molecule has 0 spiro atoms. The number of urea groups is 1. The van der Waals surface area contributed by atoms with Crippen molar-refractivity contribution in [2.45, 2.75) is 19.9 Å². The summed E-state index contributed by atoms with van der Waals surface area (Å²) >= 11 is 1.47. The van der Waals surface area contributed by atoms with E-state index in [1.165, 1.54) is 16.7 Å². The molecule has 19 heavy (non-hydrogen) atoms. The smallest absolute Gasteiger partial charge is 0.327 e. The van der Waals surface area contributed by atoms with Gasteiger partial charge in [-0.2, -0.15) is 0 Å². The first kappa shape index (κ1) is 16.1. The van der Waals surface area contributed by atoms with Crippen LogP contribution in [0.5, 0.6) is 0 Å². The maximum Gasteiger partial charge on any atom is 0.327 e. The standard InChI is InChI=1S/C12H23N3O3S/c1-12(2,7-14(3)4)6-13-11(18)15-8-19-5-9(15)10(16)17/h9H,5-8H2,1-4H3,(H,13,18)(H,16,17). The highest BCUT2D eigenvalue weighted by Gasteiger charge is 2.35. The van der Waals surface area contributed by atoms with E-state index in [4.69, 9.17) is 5.11 Å². The van der Waals surface area contributed by atoms with E-state index < -0.39 is 12.0 Å². The van der Waals surface area contributed by atoms with Gasteiger partial charge < -0.3 is 20.2 Å². The average molecular weight is 289 g/mol. The molecule has 7 heteroatoms. The molecule has 0 bridgehead atoms. The van der Waals surface area contributed by atoms with Gasteiger partial charge in [0.15, 0.2) is 0 Å². The van der Waals surface area contributed by atoms with E-state index in [2.05, 4.69) is 24.1 Å². The molecule has 1 unspecified atom stereocenters. The number of nitrogens with one attached hydrogen (secondary N) is 1. The second kappa shape index (κ2) is 6.47. The molecule has 0 radical (unpaired) electrons. The lowest BCUT2D eigenvalue weighted by atomic mass is 9.93. The van der Waals surface area contributed by atoms with Gasteiger partial charge in [-0.3, -0.25) is 0 Å². The quantitative estimate of drug-likeness (QED) is 0.781. The molecule has 1 saturated heterocycles. The zero-order chi connectivity index (χ0) is 14.6. The number of carbonyl (C=O) groups is 2. The highest BCUT2D eigenvalue weighted by molar-refractivity contribution is 7.99. The maximum atomic E-state index is 12.0. The van der Waals surface area contributed by atoms with E-state index in [9.17, 15) is 9.59 Å². The molecule has 2 amide bonds. The summed E-state index contributed by atoms with van der Waals surface area (Å²) in [4.78, 5) is 26.5. The van der Waals surface area contributed by atoms with E-state index in [1.807, 2.05) is 14.1 Å². The minimum Gasteiger partial charge on any atom is -0.480 e. The molecular weight excluding hydrogens is 266 g/mol. The predicted molar refractivity (Wildman–Crippen MR) is 76.3 cm³/mol. The highest BCUT2D eigenvalue weighted by atomic mass is 32.2. The summed E-state index contributed by atoms with van der Waals surface area (Å²) in [5.74, 6) is -0.0338. The minimum atomic E-state index is -0.937. The van der Waals surface area contributed by atoms with Crippen LogP contribution in [-0.4, -0.2) is 71.8 Å². The molecule has 6 nitrogen and oxygen atoms in total. The van der Waals surface area contributed by atoms with Gasteiger partial charge in [0.2, 0.25) is 0 Å². The topological polar surface area (TPSA) is 72.9 Å². The monoisotopic (exact) mass is 289 g/mol. The van der Waals surface area contributed by atoms with Gasteiger partial charge in [-0.05, 0) is 19.5 Å². The second-order valence-corrected chi connectivity index (χ2v) is 6.88. The summed E-state index contributed by atoms with van der Waals surface area (Å²) in [5, 5.41) is 11.9. The van der Waals surface area contributed by atoms with E-state index in [1.54, 1.807) is 0 Å². The van der Waals surface area contributed by atoms with Gasteiger partial charge >= 0.3 is 12.0 Å². The van der Waals surface area contributed by atoms with Crippen molar-refractivity contribution >= 4 is 23.8 Å². The van der Waals surface area contributed by atoms with Crippen molar-refractivity contribution < 1.29 is 14.7 Å². The van der Waals surface area contributed by atoms with Crippen LogP contribution in [0, 0.1) is 5.41 Å². The van der Waals surface area contributed by atoms with E-state index in [0.29, 0.717) is 18.2 Å². The third-order valence-electron chi connectivity index (χ3n) is 2.89. The lowest BCUT2D eigenvalue weighted by Crippen LogP contribution is -2.49. The van der Waals surface area contributed by atoms with Crippen LogP contribution in [0.4, 0.5) is 4.79 Å². The number of hydrogen-bond donors (Lipinski definition) is 2. The van der Waals surface area contributed by atoms with Crippen molar-refractivity contribution in [3.8, 4) is 0 Å². The lowest BCUT2D eigenvalue weighted by molar-refractivity contribution is -0.140. The Morgan fingerprint density at radius 2 is 2.11 bits per heavy atom. The summed E-state index contributed by atoms with van der Waals surface area (Å²) in [6.07, 6.45) is 0. The number of carbonyl (C=O) groups excluding carboxylic acids is 1. The van der Waals surface area contributed by atoms with Crippen LogP contribution in [0.2, 0.25) is 0 Å². The van der Waals surface area contributed by atoms with Gasteiger partial charge in [0.05, 0.1) is 5.88 Å². The van der Waals surface area contributed by atoms with Crippen LogP contribution < -0.4 is 5.32 Å². The van der Waals surface area contributed by atoms with Crippen LogP contribution in [0.25, 0.3) is 0 Å². The van der Waals surface area contributed by atoms with Gasteiger partial charge in [-0.25, -0.2) is 9.59 Å². The molecule has 2 N–H and O–H groups in total. The molecule has 0 saturated carbocycles. The molecule has 110 valence electrons. The molecule has 1 atom stereocenters. The molecule has 1 rings (SSSR count). The largest absolute Gasteiger partial charge is 0.480 e. The summed E-state index contributed by atoms with van der Waals surface area (Å²) in [7, 11) is 3.97. The SMILES string of the molecule is CN(C)CC(C)(C)CNC(=O)N1CSCC1C(=O)O. The Kier molecular flexibility index (Phi) is 5.49. The molecule has 0 aliphatic carbocycles. The molecule has 0 aromatic heterocycles. The molecule has 1 aliphatic rings. The van der Waals surface area contributed by atoms with E-state index in [0.717, 1.165) is 6.54 Å². The number of nitrogens with zero attached hydrogens (tertiary/aromatic N) is 2. The number of carboxylic acids is 1. The third kappa shape index (κ3) is 4.91. The Morgan fingerprint density at radius 1 is 1.47 bits per heavy atom. The first-order valence-electron chi connectivity index (χ1n) is 6.23. The molecule has 1 fully saturated rings. The second-order valence-electron chi connectivity index (χ2n) is 5.88. The fourth-order valence-electron chi connectivity index (χ4n) is 2.18. The average Bonchev–Trinajstić information content (AvgIpc) is 2.73. The van der Waals surface area contributed by atoms with Crippen LogP contribution in [0.15, 0.2) is 0 Å². The normalized spacial score (nSPS) is 19.8. The van der Waals surface area contributed by atoms with Gasteiger partial charge in [0, 0.05) is 18.8 Å². The molecule has 0 aromatic carbocycles. The van der Waals surface area contributed by atoms with Gasteiger partial charge in [0.1, 0.15) is 6.04 Å². The minimum absolute atomic E-state index is 0.0508. The van der Waals surface area contributed by atoms with Crippen LogP contribution in [-0.2, 0) is 4.79 Å². The molecule has 1 heterocycles. The Morgan fingerprint density at radius 3 is 2.63 bits per heavy atom. The first-order chi connectivity index (χ1) is 8.73. The van der Waals surface area contributed by atoms with Gasteiger partial charge in [-0.15, -0.1) is 11.8 Å². The van der Waals surface area contributed by atoms with Crippen molar-refractivity contribution in [3.05, 3.63) is 0 Å². The maximum absolute atomic E-state index is 12.0. The summed E-state index contributed by atoms with van der Waals surface area (Å²) in [5.41, 5.74) is -0.0508.